The van der Waals surface area contributed by atoms with Gasteiger partial charge in [-0.2, -0.15) is 0 Å². The van der Waals surface area contributed by atoms with Gasteiger partial charge in [-0.05, 0) is 66.9 Å². The number of carbonyl (C=O) groups excluding carboxylic acids is 1. The third-order valence-corrected chi connectivity index (χ3v) is 10.2. The summed E-state index contributed by atoms with van der Waals surface area (Å²) in [6.45, 7) is 4.30. The van der Waals surface area contributed by atoms with Crippen LogP contribution in [0.3, 0.4) is 0 Å². The number of hydrogen-bond donors (Lipinski definition) is 2. The minimum atomic E-state index is -4.05. The van der Waals surface area contributed by atoms with Crippen molar-refractivity contribution in [3.63, 3.8) is 0 Å². The Labute approximate surface area is 255 Å². The van der Waals surface area contributed by atoms with Crippen molar-refractivity contribution >= 4 is 49.3 Å². The Hall–Kier alpha value is -4.37. The van der Waals surface area contributed by atoms with E-state index in [9.17, 15) is 13.2 Å². The Kier molecular flexibility index (Phi) is 7.38. The highest BCUT2D eigenvalue weighted by molar-refractivity contribution is 7.89. The molecule has 0 fully saturated rings. The van der Waals surface area contributed by atoms with Crippen LogP contribution in [0.1, 0.15) is 44.4 Å². The highest BCUT2D eigenvalue weighted by Crippen LogP contribution is 2.44. The van der Waals surface area contributed by atoms with Gasteiger partial charge >= 0.3 is 0 Å². The summed E-state index contributed by atoms with van der Waals surface area (Å²) in [6, 6.07) is 30.2. The number of amides is 1. The van der Waals surface area contributed by atoms with E-state index >= 15 is 0 Å². The molecule has 0 radical (unpaired) electrons. The lowest BCUT2D eigenvalue weighted by Crippen LogP contribution is -2.41. The van der Waals surface area contributed by atoms with E-state index in [0.717, 1.165) is 28.0 Å². The van der Waals surface area contributed by atoms with E-state index in [1.807, 2.05) is 12.1 Å². The maximum Gasteiger partial charge on any atom is 0.266 e. The topological polar surface area (TPSA) is 85.1 Å². The van der Waals surface area contributed by atoms with Crippen LogP contribution in [0.5, 0.6) is 0 Å². The SMILES string of the molecule is Cc1c(C(c2ccc(C(=O)NNS(=O)(=O)c3ccccc3Cl)cc2)c2c(C)n(C)c3ccccc23)c2ccccc2n1C. The fourth-order valence-corrected chi connectivity index (χ4v) is 7.40. The molecule has 0 saturated heterocycles. The summed E-state index contributed by atoms with van der Waals surface area (Å²) in [7, 11) is 0.124. The van der Waals surface area contributed by atoms with Gasteiger partial charge < -0.3 is 9.13 Å². The number of sulfonamides is 1. The second kappa shape index (κ2) is 11.0. The van der Waals surface area contributed by atoms with Gasteiger partial charge in [-0.25, -0.2) is 8.42 Å². The average Bonchev–Trinajstić information content (AvgIpc) is 3.42. The fraction of sp³-hybridized carbons (Fsp3) is 0.147. The summed E-state index contributed by atoms with van der Waals surface area (Å²) in [6.07, 6.45) is 0. The molecule has 0 unspecified atom stereocenters. The number of benzene rings is 4. The number of hydrazine groups is 1. The number of fused-ring (bicyclic) bond motifs is 2. The first-order valence-corrected chi connectivity index (χ1v) is 15.7. The number of halogens is 1. The Morgan fingerprint density at radius 1 is 0.721 bits per heavy atom. The summed E-state index contributed by atoms with van der Waals surface area (Å²) in [4.78, 5) is 15.0. The van der Waals surface area contributed by atoms with Crippen LogP contribution in [-0.4, -0.2) is 23.5 Å². The van der Waals surface area contributed by atoms with Crippen molar-refractivity contribution in [2.75, 3.05) is 0 Å². The van der Waals surface area contributed by atoms with Crippen molar-refractivity contribution in [2.24, 2.45) is 14.1 Å². The highest BCUT2D eigenvalue weighted by Gasteiger charge is 2.29. The molecule has 0 aliphatic heterocycles. The lowest BCUT2D eigenvalue weighted by atomic mass is 9.82. The first-order valence-electron chi connectivity index (χ1n) is 13.8. The lowest BCUT2D eigenvalue weighted by molar-refractivity contribution is 0.0945. The predicted octanol–water partition coefficient (Wildman–Crippen LogP) is 6.74. The van der Waals surface area contributed by atoms with Crippen LogP contribution in [-0.2, 0) is 24.1 Å². The lowest BCUT2D eigenvalue weighted by Gasteiger charge is -2.21. The zero-order valence-electron chi connectivity index (χ0n) is 24.2. The number of hydrogen-bond acceptors (Lipinski definition) is 3. The zero-order chi connectivity index (χ0) is 30.5. The number of para-hydroxylation sites is 2. The number of aryl methyl sites for hydroxylation is 2. The zero-order valence-corrected chi connectivity index (χ0v) is 25.8. The average molecular weight is 611 g/mol. The minimum absolute atomic E-state index is 0.0621. The van der Waals surface area contributed by atoms with Crippen molar-refractivity contribution in [1.29, 1.82) is 0 Å². The van der Waals surface area contributed by atoms with Crippen LogP contribution in [0.25, 0.3) is 21.8 Å². The van der Waals surface area contributed by atoms with E-state index < -0.39 is 15.9 Å². The third-order valence-electron chi connectivity index (χ3n) is 8.41. The summed E-state index contributed by atoms with van der Waals surface area (Å²) < 4.78 is 29.9. The van der Waals surface area contributed by atoms with E-state index in [-0.39, 0.29) is 15.8 Å². The van der Waals surface area contributed by atoms with Crippen LogP contribution >= 0.6 is 11.6 Å². The molecule has 2 aromatic heterocycles. The summed E-state index contributed by atoms with van der Waals surface area (Å²) in [5.41, 5.74) is 10.7. The van der Waals surface area contributed by atoms with E-state index in [1.165, 1.54) is 34.0 Å². The molecule has 7 nitrogen and oxygen atoms in total. The quantitative estimate of drug-likeness (QED) is 0.196. The molecule has 218 valence electrons. The highest BCUT2D eigenvalue weighted by atomic mass is 35.5. The molecule has 0 bridgehead atoms. The number of aromatic nitrogens is 2. The largest absolute Gasteiger partial charge is 0.348 e. The Morgan fingerprint density at radius 2 is 1.21 bits per heavy atom. The van der Waals surface area contributed by atoms with Crippen LogP contribution < -0.4 is 10.3 Å². The van der Waals surface area contributed by atoms with E-state index in [0.29, 0.717) is 5.56 Å². The summed E-state index contributed by atoms with van der Waals surface area (Å²) in [5, 5.41) is 2.42. The van der Waals surface area contributed by atoms with Crippen LogP contribution in [0.4, 0.5) is 0 Å². The van der Waals surface area contributed by atoms with Gasteiger partial charge in [0.05, 0.1) is 5.02 Å². The number of nitrogens with zero attached hydrogens (tertiary/aromatic N) is 2. The molecule has 0 aliphatic carbocycles. The van der Waals surface area contributed by atoms with Gasteiger partial charge in [-0.3, -0.25) is 10.2 Å². The smallest absolute Gasteiger partial charge is 0.266 e. The molecule has 2 N–H and O–H groups in total. The molecule has 0 spiro atoms. The molecule has 0 saturated carbocycles. The van der Waals surface area contributed by atoms with E-state index in [1.54, 1.807) is 24.3 Å². The molecule has 0 atom stereocenters. The Morgan fingerprint density at radius 3 is 1.74 bits per heavy atom. The van der Waals surface area contributed by atoms with Crippen molar-refractivity contribution in [3.05, 3.63) is 136 Å². The maximum atomic E-state index is 13.0. The van der Waals surface area contributed by atoms with Crippen LogP contribution in [0, 0.1) is 13.8 Å². The van der Waals surface area contributed by atoms with Crippen LogP contribution in [0.15, 0.2) is 102 Å². The van der Waals surface area contributed by atoms with Crippen molar-refractivity contribution < 1.29 is 13.2 Å². The van der Waals surface area contributed by atoms with E-state index in [2.05, 4.69) is 95.9 Å². The van der Waals surface area contributed by atoms with Gasteiger partial charge in [0.25, 0.3) is 15.9 Å². The van der Waals surface area contributed by atoms with Gasteiger partial charge in [0.15, 0.2) is 0 Å². The Balaban J connectivity index is 1.41. The first kappa shape index (κ1) is 28.7. The molecule has 6 rings (SSSR count). The monoisotopic (exact) mass is 610 g/mol. The van der Waals surface area contributed by atoms with Gasteiger partial charge in [0, 0.05) is 58.8 Å². The third kappa shape index (κ3) is 4.91. The number of nitrogens with one attached hydrogen (secondary N) is 2. The van der Waals surface area contributed by atoms with Crippen LogP contribution in [0.2, 0.25) is 5.02 Å². The second-order valence-corrected chi connectivity index (χ2v) is 12.8. The standard InChI is InChI=1S/C34H31ClN4O3S/c1-21-31(25-11-5-8-14-28(25)38(21)3)33(32-22(2)39(4)29-15-9-6-12-26(29)32)23-17-19-24(20-18-23)34(40)36-37-43(41,42)30-16-10-7-13-27(30)35/h5-20,33,37H,1-4H3,(H,36,40). The Bertz CT molecular complexity index is 2040. The molecule has 2 heterocycles. The molecule has 43 heavy (non-hydrogen) atoms. The first-order chi connectivity index (χ1) is 20.6. The molecular weight excluding hydrogens is 580 g/mol. The normalized spacial score (nSPS) is 12.0. The van der Waals surface area contributed by atoms with Gasteiger partial charge in [-0.15, -0.1) is 4.83 Å². The molecule has 0 aliphatic rings. The van der Waals surface area contributed by atoms with E-state index in [4.69, 9.17) is 11.6 Å². The second-order valence-electron chi connectivity index (χ2n) is 10.7. The van der Waals surface area contributed by atoms with Crippen molar-refractivity contribution in [1.82, 2.24) is 19.4 Å². The predicted molar refractivity (Wildman–Crippen MR) is 172 cm³/mol. The van der Waals surface area contributed by atoms with Crippen molar-refractivity contribution in [2.45, 2.75) is 24.7 Å². The molecular formula is C34H31ClN4O3S. The maximum absolute atomic E-state index is 13.0. The van der Waals surface area contributed by atoms with Gasteiger partial charge in [0.1, 0.15) is 4.90 Å². The van der Waals surface area contributed by atoms with Crippen molar-refractivity contribution in [3.8, 4) is 0 Å². The summed E-state index contributed by atoms with van der Waals surface area (Å²) >= 11 is 6.05. The number of rotatable bonds is 7. The van der Waals surface area contributed by atoms with Gasteiger partial charge in [-0.1, -0.05) is 72.3 Å². The molecule has 9 heteroatoms. The molecule has 4 aromatic carbocycles. The summed E-state index contributed by atoms with van der Waals surface area (Å²) in [5.74, 6) is -0.700. The minimum Gasteiger partial charge on any atom is -0.348 e. The van der Waals surface area contributed by atoms with Gasteiger partial charge in [0.2, 0.25) is 0 Å². The molecule has 1 amide bonds. The fourth-order valence-electron chi connectivity index (χ4n) is 6.04. The number of carbonyl (C=O) groups is 1. The molecule has 6 aromatic rings.